The van der Waals surface area contributed by atoms with E-state index in [1.807, 2.05) is 26.8 Å². The Balaban J connectivity index is 2.85. The van der Waals surface area contributed by atoms with Crippen LogP contribution in [0.4, 0.5) is 0 Å². The average molecular weight is 210 g/mol. The fraction of sp³-hybridized carbons (Fsp3) is 0.636. The normalized spacial score (nSPS) is 12.8. The first kappa shape index (κ1) is 12.1. The lowest BCUT2D eigenvalue weighted by Gasteiger charge is -2.13. The highest BCUT2D eigenvalue weighted by atomic mass is 16.5. The minimum atomic E-state index is -0.603. The summed E-state index contributed by atoms with van der Waals surface area (Å²) in [6.07, 6.45) is 0.167. The third-order valence-electron chi connectivity index (χ3n) is 2.20. The quantitative estimate of drug-likeness (QED) is 0.798. The molecule has 1 unspecified atom stereocenters. The van der Waals surface area contributed by atoms with Crippen LogP contribution in [0.1, 0.15) is 36.9 Å². The van der Waals surface area contributed by atoms with Gasteiger partial charge in [0, 0.05) is 12.2 Å². The van der Waals surface area contributed by atoms with Crippen LogP contribution in [0.5, 0.6) is 0 Å². The van der Waals surface area contributed by atoms with Crippen molar-refractivity contribution in [3.63, 3.8) is 0 Å². The monoisotopic (exact) mass is 210 g/mol. The molecule has 0 aromatic carbocycles. The van der Waals surface area contributed by atoms with Crippen LogP contribution < -0.4 is 0 Å². The predicted octanol–water partition coefficient (Wildman–Crippen LogP) is 1.42. The van der Waals surface area contributed by atoms with E-state index >= 15 is 0 Å². The summed E-state index contributed by atoms with van der Waals surface area (Å²) in [4.78, 5) is 0. The Morgan fingerprint density at radius 1 is 1.40 bits per heavy atom. The molecule has 0 amide bonds. The van der Waals surface area contributed by atoms with Crippen LogP contribution in [-0.4, -0.2) is 28.5 Å². The molecule has 1 aromatic heterocycles. The molecule has 0 radical (unpaired) electrons. The summed E-state index contributed by atoms with van der Waals surface area (Å²) in [6.45, 7) is 6.69. The Hall–Kier alpha value is -1.00. The topological polar surface area (TPSA) is 55.2 Å². The molecule has 1 aromatic rings. The highest BCUT2D eigenvalue weighted by Gasteiger charge is 2.13. The van der Waals surface area contributed by atoms with Crippen LogP contribution in [0.25, 0.3) is 0 Å². The zero-order chi connectivity index (χ0) is 11.3. The smallest absolute Gasteiger partial charge is 0.104 e. The van der Waals surface area contributed by atoms with Gasteiger partial charge in [0.25, 0.3) is 0 Å². The molecule has 0 fully saturated rings. The fourth-order valence-electron chi connectivity index (χ4n) is 1.42. The number of nitrogens with zero attached hydrogens (tertiary/aromatic N) is 2. The maximum Gasteiger partial charge on any atom is 0.104 e. The molecule has 4 heteroatoms. The molecule has 0 aliphatic heterocycles. The third kappa shape index (κ3) is 3.25. The van der Waals surface area contributed by atoms with E-state index in [0.717, 1.165) is 23.4 Å². The number of hydrogen-bond acceptors (Lipinski definition) is 4. The number of aliphatic hydroxyl groups excluding tert-OH is 1. The molecule has 1 N–H and O–H groups in total. The molecule has 1 atom stereocenters. The van der Waals surface area contributed by atoms with Gasteiger partial charge < -0.3 is 9.84 Å². The van der Waals surface area contributed by atoms with Gasteiger partial charge in [-0.25, -0.2) is 0 Å². The summed E-state index contributed by atoms with van der Waals surface area (Å²) in [7, 11) is 0. The number of rotatable bonds is 5. The summed E-state index contributed by atoms with van der Waals surface area (Å²) in [5.74, 6) is 0. The Bertz CT molecular complexity index is 315. The standard InChI is InChI=1S/C11H18N2O2/c1-4-10-9(6-8(3)12-13-10)11(14)7-15-5-2/h6,11,14H,4-5,7H2,1-3H3. The van der Waals surface area contributed by atoms with Crippen molar-refractivity contribution < 1.29 is 9.84 Å². The molecule has 84 valence electrons. The van der Waals surface area contributed by atoms with Crippen molar-refractivity contribution in [2.24, 2.45) is 0 Å². The summed E-state index contributed by atoms with van der Waals surface area (Å²) < 4.78 is 5.19. The second kappa shape index (κ2) is 5.78. The number of aryl methyl sites for hydroxylation is 2. The number of aromatic nitrogens is 2. The lowest BCUT2D eigenvalue weighted by molar-refractivity contribution is 0.0412. The molecule has 0 bridgehead atoms. The lowest BCUT2D eigenvalue weighted by Crippen LogP contribution is -2.11. The van der Waals surface area contributed by atoms with Gasteiger partial charge in [-0.2, -0.15) is 10.2 Å². The number of ether oxygens (including phenoxy) is 1. The largest absolute Gasteiger partial charge is 0.386 e. The van der Waals surface area contributed by atoms with Crippen molar-refractivity contribution >= 4 is 0 Å². The van der Waals surface area contributed by atoms with Crippen molar-refractivity contribution in [2.75, 3.05) is 13.2 Å². The van der Waals surface area contributed by atoms with E-state index in [-0.39, 0.29) is 0 Å². The zero-order valence-corrected chi connectivity index (χ0v) is 9.53. The zero-order valence-electron chi connectivity index (χ0n) is 9.53. The third-order valence-corrected chi connectivity index (χ3v) is 2.20. The maximum absolute atomic E-state index is 9.90. The van der Waals surface area contributed by atoms with Gasteiger partial charge in [0.05, 0.1) is 18.0 Å². The molecule has 0 aliphatic rings. The number of hydrogen-bond donors (Lipinski definition) is 1. The first-order chi connectivity index (χ1) is 7.19. The van der Waals surface area contributed by atoms with Crippen molar-refractivity contribution in [1.82, 2.24) is 10.2 Å². The first-order valence-corrected chi connectivity index (χ1v) is 5.27. The van der Waals surface area contributed by atoms with Crippen LogP contribution in [0.3, 0.4) is 0 Å². The minimum absolute atomic E-state index is 0.314. The van der Waals surface area contributed by atoms with E-state index in [0.29, 0.717) is 13.2 Å². The van der Waals surface area contributed by atoms with Gasteiger partial charge in [-0.1, -0.05) is 6.92 Å². The Morgan fingerprint density at radius 3 is 2.73 bits per heavy atom. The van der Waals surface area contributed by atoms with E-state index in [1.54, 1.807) is 0 Å². The van der Waals surface area contributed by atoms with E-state index in [1.165, 1.54) is 0 Å². The SMILES string of the molecule is CCOCC(O)c1cc(C)nnc1CC. The summed E-state index contributed by atoms with van der Waals surface area (Å²) >= 11 is 0. The summed E-state index contributed by atoms with van der Waals surface area (Å²) in [6, 6.07) is 1.87. The molecule has 0 saturated carbocycles. The Morgan fingerprint density at radius 2 is 2.13 bits per heavy atom. The van der Waals surface area contributed by atoms with Gasteiger partial charge in [0.1, 0.15) is 6.10 Å². The molecule has 1 rings (SSSR count). The second-order valence-electron chi connectivity index (χ2n) is 3.42. The van der Waals surface area contributed by atoms with Crippen LogP contribution in [0.2, 0.25) is 0 Å². The van der Waals surface area contributed by atoms with Gasteiger partial charge in [-0.15, -0.1) is 0 Å². The van der Waals surface area contributed by atoms with E-state index < -0.39 is 6.10 Å². The van der Waals surface area contributed by atoms with Crippen LogP contribution in [0, 0.1) is 6.92 Å². The molecule has 0 spiro atoms. The van der Waals surface area contributed by atoms with Crippen molar-refractivity contribution in [3.8, 4) is 0 Å². The molecule has 0 saturated heterocycles. The van der Waals surface area contributed by atoms with Gasteiger partial charge >= 0.3 is 0 Å². The molecule has 15 heavy (non-hydrogen) atoms. The highest BCUT2D eigenvalue weighted by Crippen LogP contribution is 2.17. The van der Waals surface area contributed by atoms with Gasteiger partial charge in [-0.05, 0) is 26.3 Å². The molecule has 4 nitrogen and oxygen atoms in total. The maximum atomic E-state index is 9.90. The van der Waals surface area contributed by atoms with Crippen LogP contribution >= 0.6 is 0 Å². The van der Waals surface area contributed by atoms with E-state index in [2.05, 4.69) is 10.2 Å². The van der Waals surface area contributed by atoms with Gasteiger partial charge in [0.2, 0.25) is 0 Å². The van der Waals surface area contributed by atoms with Crippen molar-refractivity contribution in [3.05, 3.63) is 23.0 Å². The number of aliphatic hydroxyl groups is 1. The average Bonchev–Trinajstić information content (AvgIpc) is 2.25. The summed E-state index contributed by atoms with van der Waals surface area (Å²) in [5, 5.41) is 17.9. The molecular formula is C11H18N2O2. The van der Waals surface area contributed by atoms with Gasteiger partial charge in [-0.3, -0.25) is 0 Å². The molecule has 1 heterocycles. The van der Waals surface area contributed by atoms with E-state index in [9.17, 15) is 5.11 Å². The Kier molecular flexibility index (Phi) is 4.65. The van der Waals surface area contributed by atoms with Crippen molar-refractivity contribution in [1.29, 1.82) is 0 Å². The minimum Gasteiger partial charge on any atom is -0.386 e. The van der Waals surface area contributed by atoms with Crippen LogP contribution in [-0.2, 0) is 11.2 Å². The first-order valence-electron chi connectivity index (χ1n) is 5.27. The van der Waals surface area contributed by atoms with Gasteiger partial charge in [0.15, 0.2) is 0 Å². The predicted molar refractivity (Wildman–Crippen MR) is 57.6 cm³/mol. The summed E-state index contributed by atoms with van der Waals surface area (Å²) in [5.41, 5.74) is 2.49. The Labute approximate surface area is 90.3 Å². The lowest BCUT2D eigenvalue weighted by atomic mass is 10.1. The van der Waals surface area contributed by atoms with Crippen molar-refractivity contribution in [2.45, 2.75) is 33.3 Å². The fourth-order valence-corrected chi connectivity index (χ4v) is 1.42. The molecular weight excluding hydrogens is 192 g/mol. The van der Waals surface area contributed by atoms with Crippen LogP contribution in [0.15, 0.2) is 6.07 Å². The molecule has 0 aliphatic carbocycles. The van der Waals surface area contributed by atoms with E-state index in [4.69, 9.17) is 4.74 Å². The highest BCUT2D eigenvalue weighted by molar-refractivity contribution is 5.23. The second-order valence-corrected chi connectivity index (χ2v) is 3.42.